The molecule has 0 aromatic rings. The topological polar surface area (TPSA) is 54.4 Å². The summed E-state index contributed by atoms with van der Waals surface area (Å²) in [6.45, 7) is 3.85. The molecule has 1 atom stereocenters. The molecular formula is C8H12O3S. The molecule has 68 valence electrons. The molecule has 1 unspecified atom stereocenters. The van der Waals surface area contributed by atoms with E-state index >= 15 is 0 Å². The minimum absolute atomic E-state index is 0.199. The van der Waals surface area contributed by atoms with E-state index in [2.05, 4.69) is 0 Å². The number of hydrogen-bond donors (Lipinski definition) is 1. The Balaban J connectivity index is 2.76. The van der Waals surface area contributed by atoms with E-state index in [1.807, 2.05) is 13.8 Å². The molecule has 1 heterocycles. The first-order valence-corrected chi connectivity index (χ1v) is 4.85. The Morgan fingerprint density at radius 2 is 2.08 bits per heavy atom. The Labute approximate surface area is 75.5 Å². The van der Waals surface area contributed by atoms with Gasteiger partial charge >= 0.3 is 5.97 Å². The summed E-state index contributed by atoms with van der Waals surface area (Å²) in [5.41, 5.74) is 0. The van der Waals surface area contributed by atoms with Gasteiger partial charge in [-0.25, -0.2) is 4.79 Å². The maximum absolute atomic E-state index is 11.1. The molecule has 0 radical (unpaired) electrons. The summed E-state index contributed by atoms with van der Waals surface area (Å²) in [5, 5.41) is 8.52. The lowest BCUT2D eigenvalue weighted by Crippen LogP contribution is -2.34. The van der Waals surface area contributed by atoms with Crippen molar-refractivity contribution in [3.05, 3.63) is 0 Å². The second kappa shape index (κ2) is 3.09. The molecule has 0 aromatic heterocycles. The van der Waals surface area contributed by atoms with Crippen LogP contribution < -0.4 is 0 Å². The van der Waals surface area contributed by atoms with E-state index in [-0.39, 0.29) is 10.7 Å². The molecule has 4 heteroatoms. The number of carboxylic acids is 1. The van der Waals surface area contributed by atoms with Crippen molar-refractivity contribution in [3.63, 3.8) is 0 Å². The van der Waals surface area contributed by atoms with Crippen LogP contribution in [0.4, 0.5) is 0 Å². The second-order valence-electron chi connectivity index (χ2n) is 3.46. The standard InChI is InChI=1S/C8H12O3S/c1-8(2)5(3-4-12-8)6(9)7(10)11/h5H,3-4H2,1-2H3,(H,10,11). The molecule has 1 rings (SSSR count). The first-order valence-electron chi connectivity index (χ1n) is 3.86. The molecule has 1 N–H and O–H groups in total. The zero-order chi connectivity index (χ0) is 9.35. The van der Waals surface area contributed by atoms with Crippen LogP contribution in [0.15, 0.2) is 0 Å². The zero-order valence-electron chi connectivity index (χ0n) is 7.16. The molecule has 0 amide bonds. The van der Waals surface area contributed by atoms with Crippen LogP contribution in [-0.4, -0.2) is 27.4 Å². The number of carbonyl (C=O) groups is 2. The van der Waals surface area contributed by atoms with Gasteiger partial charge in [-0.2, -0.15) is 11.8 Å². The van der Waals surface area contributed by atoms with Gasteiger partial charge < -0.3 is 5.11 Å². The average molecular weight is 188 g/mol. The van der Waals surface area contributed by atoms with Crippen LogP contribution in [0.3, 0.4) is 0 Å². The molecule has 3 nitrogen and oxygen atoms in total. The molecule has 1 aliphatic rings. The van der Waals surface area contributed by atoms with E-state index in [4.69, 9.17) is 5.11 Å². The van der Waals surface area contributed by atoms with Crippen molar-refractivity contribution in [3.8, 4) is 0 Å². The average Bonchev–Trinajstić information content (AvgIpc) is 2.27. The lowest BCUT2D eigenvalue weighted by Gasteiger charge is -2.22. The summed E-state index contributed by atoms with van der Waals surface area (Å²) in [4.78, 5) is 21.6. The number of rotatable bonds is 2. The maximum atomic E-state index is 11.1. The fourth-order valence-electron chi connectivity index (χ4n) is 1.48. The van der Waals surface area contributed by atoms with Gasteiger partial charge in [0.25, 0.3) is 0 Å². The van der Waals surface area contributed by atoms with Crippen molar-refractivity contribution < 1.29 is 14.7 Å². The number of carboxylic acid groups (broad SMARTS) is 1. The van der Waals surface area contributed by atoms with Crippen LogP contribution in [0.5, 0.6) is 0 Å². The quantitative estimate of drug-likeness (QED) is 0.661. The fourth-order valence-corrected chi connectivity index (χ4v) is 2.79. The summed E-state index contributed by atoms with van der Waals surface area (Å²) in [6.07, 6.45) is 0.697. The third kappa shape index (κ3) is 1.63. The number of aliphatic carboxylic acids is 1. The molecule has 0 saturated carbocycles. The molecule has 12 heavy (non-hydrogen) atoms. The van der Waals surface area contributed by atoms with E-state index in [0.29, 0.717) is 6.42 Å². The normalized spacial score (nSPS) is 27.0. The van der Waals surface area contributed by atoms with Crippen molar-refractivity contribution in [2.45, 2.75) is 25.0 Å². The predicted molar refractivity (Wildman–Crippen MR) is 47.3 cm³/mol. The van der Waals surface area contributed by atoms with Crippen molar-refractivity contribution in [1.29, 1.82) is 0 Å². The molecule has 0 aliphatic carbocycles. The lowest BCUT2D eigenvalue weighted by atomic mass is 9.89. The van der Waals surface area contributed by atoms with Crippen molar-refractivity contribution in [2.75, 3.05) is 5.75 Å². The van der Waals surface area contributed by atoms with Gasteiger partial charge in [0.2, 0.25) is 5.78 Å². The zero-order valence-corrected chi connectivity index (χ0v) is 7.98. The molecular weight excluding hydrogens is 176 g/mol. The molecule has 0 aromatic carbocycles. The number of ketones is 1. The van der Waals surface area contributed by atoms with E-state index in [0.717, 1.165) is 5.75 Å². The van der Waals surface area contributed by atoms with Crippen molar-refractivity contribution in [2.24, 2.45) is 5.92 Å². The van der Waals surface area contributed by atoms with Crippen LogP contribution >= 0.6 is 11.8 Å². The van der Waals surface area contributed by atoms with Crippen molar-refractivity contribution in [1.82, 2.24) is 0 Å². The van der Waals surface area contributed by atoms with Gasteiger partial charge in [-0.15, -0.1) is 0 Å². The number of hydrogen-bond acceptors (Lipinski definition) is 3. The minimum atomic E-state index is -1.30. The molecule has 0 bridgehead atoms. The minimum Gasteiger partial charge on any atom is -0.475 e. The Morgan fingerprint density at radius 3 is 2.42 bits per heavy atom. The van der Waals surface area contributed by atoms with Crippen LogP contribution in [-0.2, 0) is 9.59 Å². The first kappa shape index (κ1) is 9.58. The van der Waals surface area contributed by atoms with E-state index in [9.17, 15) is 9.59 Å². The number of Topliss-reactive ketones (excluding diaryl/α,β-unsaturated/α-hetero) is 1. The van der Waals surface area contributed by atoms with Crippen molar-refractivity contribution >= 4 is 23.5 Å². The molecule has 0 spiro atoms. The van der Waals surface area contributed by atoms with Gasteiger partial charge in [-0.1, -0.05) is 0 Å². The largest absolute Gasteiger partial charge is 0.475 e. The Bertz CT molecular complexity index is 222. The summed E-state index contributed by atoms with van der Waals surface area (Å²) >= 11 is 1.67. The van der Waals surface area contributed by atoms with E-state index in [1.54, 1.807) is 11.8 Å². The Kier molecular flexibility index (Phi) is 2.46. The van der Waals surface area contributed by atoms with Crippen LogP contribution in [0.25, 0.3) is 0 Å². The number of thioether (sulfide) groups is 1. The van der Waals surface area contributed by atoms with Crippen LogP contribution in [0, 0.1) is 5.92 Å². The molecule has 1 saturated heterocycles. The van der Waals surface area contributed by atoms with Gasteiger partial charge in [0.15, 0.2) is 0 Å². The van der Waals surface area contributed by atoms with Crippen LogP contribution in [0.2, 0.25) is 0 Å². The van der Waals surface area contributed by atoms with Gasteiger partial charge in [0.05, 0.1) is 0 Å². The smallest absolute Gasteiger partial charge is 0.372 e. The third-order valence-electron chi connectivity index (χ3n) is 2.25. The highest BCUT2D eigenvalue weighted by atomic mass is 32.2. The molecule has 1 fully saturated rings. The number of carbonyl (C=O) groups excluding carboxylic acids is 1. The highest BCUT2D eigenvalue weighted by Crippen LogP contribution is 2.42. The first-order chi connectivity index (χ1) is 5.45. The van der Waals surface area contributed by atoms with Gasteiger partial charge in [0, 0.05) is 10.7 Å². The van der Waals surface area contributed by atoms with Gasteiger partial charge in [-0.3, -0.25) is 4.79 Å². The van der Waals surface area contributed by atoms with E-state index < -0.39 is 11.8 Å². The summed E-state index contributed by atoms with van der Waals surface area (Å²) in [6, 6.07) is 0. The van der Waals surface area contributed by atoms with Gasteiger partial charge in [0.1, 0.15) is 0 Å². The Morgan fingerprint density at radius 1 is 1.50 bits per heavy atom. The highest BCUT2D eigenvalue weighted by Gasteiger charge is 2.42. The highest BCUT2D eigenvalue weighted by molar-refractivity contribution is 8.00. The fraction of sp³-hybridized carbons (Fsp3) is 0.750. The SMILES string of the molecule is CC1(C)SCCC1C(=O)C(=O)O. The predicted octanol–water partition coefficient (Wildman–Crippen LogP) is 1.17. The van der Waals surface area contributed by atoms with E-state index in [1.165, 1.54) is 0 Å². The molecule has 1 aliphatic heterocycles. The monoisotopic (exact) mass is 188 g/mol. The van der Waals surface area contributed by atoms with Crippen LogP contribution in [0.1, 0.15) is 20.3 Å². The maximum Gasteiger partial charge on any atom is 0.372 e. The summed E-state index contributed by atoms with van der Waals surface area (Å²) in [5.74, 6) is -1.35. The second-order valence-corrected chi connectivity index (χ2v) is 5.21. The third-order valence-corrected chi connectivity index (χ3v) is 3.72. The van der Waals surface area contributed by atoms with Gasteiger partial charge in [-0.05, 0) is 26.0 Å². The lowest BCUT2D eigenvalue weighted by molar-refractivity contribution is -0.151. The summed E-state index contributed by atoms with van der Waals surface area (Å²) in [7, 11) is 0. The summed E-state index contributed by atoms with van der Waals surface area (Å²) < 4.78 is -0.199. The Hall–Kier alpha value is -0.510.